The van der Waals surface area contributed by atoms with E-state index in [1.54, 1.807) is 41.5 Å². The Morgan fingerprint density at radius 2 is 0.750 bits per heavy atom. The van der Waals surface area contributed by atoms with Gasteiger partial charge in [-0.3, -0.25) is 14.4 Å². The predicted molar refractivity (Wildman–Crippen MR) is 141 cm³/mol. The van der Waals surface area contributed by atoms with Crippen LogP contribution in [0.25, 0.3) is 0 Å². The molecule has 1 aromatic heterocycles. The Labute approximate surface area is 232 Å². The molecule has 0 bridgehead atoms. The summed E-state index contributed by atoms with van der Waals surface area (Å²) in [4.78, 5) is 74.8. The first kappa shape index (κ1) is 32.3. The number of carbonyl (C=O) groups is 3. The van der Waals surface area contributed by atoms with E-state index in [-0.39, 0.29) is 39.5 Å². The minimum absolute atomic E-state index is 0.319. The SMILES string of the molecule is CC(C)(Br)C(=O)OCCn1c(=O)n(CCOC(=O)C(C)(C)Br)c(=O)n(CCOC(=O)C(C)(C)Br)c1=O. The molecule has 0 spiro atoms. The highest BCUT2D eigenvalue weighted by atomic mass is 79.9. The Bertz CT molecular complexity index is 976. The molecule has 1 heterocycles. The van der Waals surface area contributed by atoms with E-state index in [2.05, 4.69) is 47.8 Å². The molecule has 0 amide bonds. The fourth-order valence-corrected chi connectivity index (χ4v) is 2.80. The molecule has 0 N–H and O–H groups in total. The zero-order chi connectivity index (χ0) is 28.1. The summed E-state index contributed by atoms with van der Waals surface area (Å²) in [6, 6.07) is 0. The lowest BCUT2D eigenvalue weighted by atomic mass is 10.2. The van der Waals surface area contributed by atoms with Gasteiger partial charge in [0.15, 0.2) is 0 Å². The number of rotatable bonds is 12. The van der Waals surface area contributed by atoms with Crippen LogP contribution in [0.5, 0.6) is 0 Å². The summed E-state index contributed by atoms with van der Waals surface area (Å²) in [5.74, 6) is -1.84. The van der Waals surface area contributed by atoms with E-state index in [1.807, 2.05) is 0 Å². The average molecular weight is 708 g/mol. The largest absolute Gasteiger partial charge is 0.463 e. The molecule has 12 nitrogen and oxygen atoms in total. The van der Waals surface area contributed by atoms with Crippen molar-refractivity contribution in [3.63, 3.8) is 0 Å². The third kappa shape index (κ3) is 9.29. The van der Waals surface area contributed by atoms with E-state index >= 15 is 0 Å². The molecule has 0 aromatic carbocycles. The monoisotopic (exact) mass is 705 g/mol. The van der Waals surface area contributed by atoms with Crippen molar-refractivity contribution < 1.29 is 28.6 Å². The van der Waals surface area contributed by atoms with Gasteiger partial charge in [0.1, 0.15) is 32.8 Å². The van der Waals surface area contributed by atoms with Crippen LogP contribution in [-0.4, -0.2) is 64.4 Å². The molecule has 204 valence electrons. The van der Waals surface area contributed by atoms with Gasteiger partial charge in [0, 0.05) is 0 Å². The first-order chi connectivity index (χ1) is 16.3. The second kappa shape index (κ2) is 12.7. The van der Waals surface area contributed by atoms with Gasteiger partial charge in [-0.1, -0.05) is 47.8 Å². The van der Waals surface area contributed by atoms with Crippen molar-refractivity contribution in [2.45, 2.75) is 74.1 Å². The molecule has 0 unspecified atom stereocenters. The lowest BCUT2D eigenvalue weighted by Gasteiger charge is -2.18. The normalized spacial score (nSPS) is 12.2. The van der Waals surface area contributed by atoms with Crippen LogP contribution < -0.4 is 17.1 Å². The molecule has 0 saturated carbocycles. The Morgan fingerprint density at radius 1 is 0.556 bits per heavy atom. The number of ether oxygens (including phenoxy) is 3. The van der Waals surface area contributed by atoms with E-state index < -0.39 is 47.9 Å². The van der Waals surface area contributed by atoms with Crippen molar-refractivity contribution in [1.82, 2.24) is 13.7 Å². The second-order valence-electron chi connectivity index (χ2n) is 9.13. The standard InChI is InChI=1S/C21H30Br3N3O9/c1-19(2,22)13(28)34-10-7-25-16(31)26(8-11-35-14(29)20(3,4)23)18(33)27(17(25)32)9-12-36-15(30)21(5,6)24/h7-12H2,1-6H3. The Hall–Kier alpha value is -1.74. The first-order valence-electron chi connectivity index (χ1n) is 10.8. The van der Waals surface area contributed by atoms with Crippen LogP contribution in [0.1, 0.15) is 41.5 Å². The van der Waals surface area contributed by atoms with E-state index in [0.717, 1.165) is 13.7 Å². The number of alkyl halides is 3. The number of hydrogen-bond donors (Lipinski definition) is 0. The summed E-state index contributed by atoms with van der Waals surface area (Å²) >= 11 is 9.47. The topological polar surface area (TPSA) is 145 Å². The predicted octanol–water partition coefficient (Wildman–Crippen LogP) is 1.32. The van der Waals surface area contributed by atoms with Crippen LogP contribution in [0.4, 0.5) is 0 Å². The van der Waals surface area contributed by atoms with Crippen molar-refractivity contribution in [3.8, 4) is 0 Å². The fraction of sp³-hybridized carbons (Fsp3) is 0.714. The first-order valence-corrected chi connectivity index (χ1v) is 13.2. The van der Waals surface area contributed by atoms with Gasteiger partial charge >= 0.3 is 35.0 Å². The molecule has 0 aliphatic rings. The van der Waals surface area contributed by atoms with Crippen LogP contribution in [0.3, 0.4) is 0 Å². The Morgan fingerprint density at radius 3 is 0.917 bits per heavy atom. The summed E-state index contributed by atoms with van der Waals surface area (Å²) in [5.41, 5.74) is -2.91. The lowest BCUT2D eigenvalue weighted by molar-refractivity contribution is -0.146. The number of hydrogen-bond acceptors (Lipinski definition) is 9. The van der Waals surface area contributed by atoms with Crippen molar-refractivity contribution in [3.05, 3.63) is 31.5 Å². The van der Waals surface area contributed by atoms with Gasteiger partial charge in [-0.2, -0.15) is 0 Å². The summed E-state index contributed by atoms with van der Waals surface area (Å²) in [7, 11) is 0. The van der Waals surface area contributed by atoms with Crippen LogP contribution in [0.2, 0.25) is 0 Å². The quantitative estimate of drug-likeness (QED) is 0.179. The number of carbonyl (C=O) groups excluding carboxylic acids is 3. The average Bonchev–Trinajstić information content (AvgIpc) is 2.72. The third-order valence-corrected chi connectivity index (χ3v) is 5.46. The third-order valence-electron chi connectivity index (χ3n) is 4.49. The molecule has 0 radical (unpaired) electrons. The molecule has 0 saturated heterocycles. The highest BCUT2D eigenvalue weighted by Gasteiger charge is 2.28. The van der Waals surface area contributed by atoms with Gasteiger partial charge in [0.25, 0.3) is 0 Å². The maximum atomic E-state index is 12.9. The zero-order valence-electron chi connectivity index (χ0n) is 20.9. The van der Waals surface area contributed by atoms with Crippen molar-refractivity contribution >= 4 is 65.7 Å². The molecule has 15 heteroatoms. The van der Waals surface area contributed by atoms with Gasteiger partial charge in [-0.25, -0.2) is 28.1 Å². The Balaban J connectivity index is 3.27. The maximum Gasteiger partial charge on any atom is 0.336 e. The van der Waals surface area contributed by atoms with Gasteiger partial charge in [0.2, 0.25) is 0 Å². The molecule has 0 aliphatic carbocycles. The molecular weight excluding hydrogens is 678 g/mol. The molecule has 1 rings (SSSR count). The van der Waals surface area contributed by atoms with Crippen LogP contribution in [0.15, 0.2) is 14.4 Å². The number of esters is 3. The van der Waals surface area contributed by atoms with E-state index in [0.29, 0.717) is 0 Å². The minimum atomic E-state index is -0.975. The maximum absolute atomic E-state index is 12.9. The van der Waals surface area contributed by atoms with E-state index in [9.17, 15) is 28.8 Å². The minimum Gasteiger partial charge on any atom is -0.463 e. The molecule has 1 aromatic rings. The zero-order valence-corrected chi connectivity index (χ0v) is 25.7. The molecule has 36 heavy (non-hydrogen) atoms. The lowest BCUT2D eigenvalue weighted by Crippen LogP contribution is -2.55. The summed E-state index contributed by atoms with van der Waals surface area (Å²) in [6.07, 6.45) is 0. The van der Waals surface area contributed by atoms with Crippen molar-refractivity contribution in [1.29, 1.82) is 0 Å². The second-order valence-corrected chi connectivity index (χ2v) is 15.1. The molecular formula is C21H30Br3N3O9. The van der Waals surface area contributed by atoms with Gasteiger partial charge in [0.05, 0.1) is 19.6 Å². The van der Waals surface area contributed by atoms with E-state index in [1.165, 1.54) is 0 Å². The summed E-state index contributed by atoms with van der Waals surface area (Å²) in [6.45, 7) is 7.44. The number of halogens is 3. The van der Waals surface area contributed by atoms with E-state index in [4.69, 9.17) is 14.2 Å². The smallest absolute Gasteiger partial charge is 0.336 e. The number of nitrogens with zero attached hydrogens (tertiary/aromatic N) is 3. The van der Waals surface area contributed by atoms with Gasteiger partial charge < -0.3 is 14.2 Å². The number of aromatic nitrogens is 3. The molecule has 0 aliphatic heterocycles. The van der Waals surface area contributed by atoms with Crippen molar-refractivity contribution in [2.75, 3.05) is 19.8 Å². The fourth-order valence-electron chi connectivity index (χ4n) is 2.46. The van der Waals surface area contributed by atoms with Crippen molar-refractivity contribution in [2.24, 2.45) is 0 Å². The van der Waals surface area contributed by atoms with Crippen LogP contribution >= 0.6 is 47.8 Å². The van der Waals surface area contributed by atoms with Gasteiger partial charge in [-0.05, 0) is 41.5 Å². The highest BCUT2D eigenvalue weighted by Crippen LogP contribution is 2.18. The van der Waals surface area contributed by atoms with Crippen LogP contribution in [0, 0.1) is 0 Å². The van der Waals surface area contributed by atoms with Crippen LogP contribution in [-0.2, 0) is 48.2 Å². The summed E-state index contributed by atoms with van der Waals surface area (Å²) in [5, 5.41) is 0. The van der Waals surface area contributed by atoms with Gasteiger partial charge in [-0.15, -0.1) is 0 Å². The molecule has 0 fully saturated rings. The highest BCUT2D eigenvalue weighted by molar-refractivity contribution is 9.10. The summed E-state index contributed by atoms with van der Waals surface area (Å²) < 4.78 is 14.5. The Kier molecular flexibility index (Phi) is 11.4. The molecule has 0 atom stereocenters.